The van der Waals surface area contributed by atoms with Gasteiger partial charge < -0.3 is 9.64 Å². The molecule has 1 saturated heterocycles. The molecule has 0 amide bonds. The van der Waals surface area contributed by atoms with E-state index in [1.807, 2.05) is 20.8 Å². The van der Waals surface area contributed by atoms with E-state index in [9.17, 15) is 4.79 Å². The molecule has 4 heteroatoms. The quantitative estimate of drug-likeness (QED) is 0.674. The summed E-state index contributed by atoms with van der Waals surface area (Å²) in [6, 6.07) is 0. The first-order valence-electron chi connectivity index (χ1n) is 6.07. The number of hydrogen-bond acceptors (Lipinski definition) is 4. The maximum absolute atomic E-state index is 11.6. The van der Waals surface area contributed by atoms with E-state index in [0.29, 0.717) is 6.54 Å². The summed E-state index contributed by atoms with van der Waals surface area (Å²) < 4.78 is 5.30. The second-order valence-electron chi connectivity index (χ2n) is 5.30. The Hall–Kier alpha value is -0.610. The van der Waals surface area contributed by atoms with E-state index in [1.165, 1.54) is 0 Å². The highest BCUT2D eigenvalue weighted by atomic mass is 16.6. The maximum atomic E-state index is 11.6. The van der Waals surface area contributed by atoms with Crippen LogP contribution in [0.25, 0.3) is 0 Å². The molecule has 0 spiro atoms. The van der Waals surface area contributed by atoms with Crippen molar-refractivity contribution in [3.63, 3.8) is 0 Å². The molecule has 0 aromatic rings. The molecule has 94 valence electrons. The van der Waals surface area contributed by atoms with Gasteiger partial charge in [0.25, 0.3) is 0 Å². The molecule has 4 nitrogen and oxygen atoms in total. The SMILES string of the molecule is CCN1CCN(CC(=O)OC(C)(C)C)CC1. The Labute approximate surface area is 98.5 Å². The zero-order valence-corrected chi connectivity index (χ0v) is 11.0. The highest BCUT2D eigenvalue weighted by Gasteiger charge is 2.21. The first kappa shape index (κ1) is 13.5. The zero-order valence-electron chi connectivity index (χ0n) is 11.0. The summed E-state index contributed by atoms with van der Waals surface area (Å²) in [5.41, 5.74) is -0.373. The fourth-order valence-corrected chi connectivity index (χ4v) is 1.82. The molecule has 0 N–H and O–H groups in total. The minimum Gasteiger partial charge on any atom is -0.459 e. The van der Waals surface area contributed by atoms with Gasteiger partial charge in [-0.2, -0.15) is 0 Å². The monoisotopic (exact) mass is 228 g/mol. The topological polar surface area (TPSA) is 32.8 Å². The molecule has 0 atom stereocenters. The number of carbonyl (C=O) groups excluding carboxylic acids is 1. The van der Waals surface area contributed by atoms with Crippen LogP contribution in [-0.2, 0) is 9.53 Å². The number of ether oxygens (including phenoxy) is 1. The molecule has 0 bridgehead atoms. The third-order valence-electron chi connectivity index (χ3n) is 2.68. The van der Waals surface area contributed by atoms with Gasteiger partial charge in [-0.1, -0.05) is 6.92 Å². The summed E-state index contributed by atoms with van der Waals surface area (Å²) in [5.74, 6) is -0.113. The van der Waals surface area contributed by atoms with Crippen LogP contribution in [0.15, 0.2) is 0 Å². The van der Waals surface area contributed by atoms with Gasteiger partial charge in [0.2, 0.25) is 0 Å². The van der Waals surface area contributed by atoms with Crippen LogP contribution < -0.4 is 0 Å². The van der Waals surface area contributed by atoms with Gasteiger partial charge in [-0.3, -0.25) is 9.69 Å². The Morgan fingerprint density at radius 2 is 1.62 bits per heavy atom. The van der Waals surface area contributed by atoms with Gasteiger partial charge in [0, 0.05) is 26.2 Å². The molecule has 0 aromatic heterocycles. The van der Waals surface area contributed by atoms with Gasteiger partial charge in [-0.05, 0) is 27.3 Å². The van der Waals surface area contributed by atoms with E-state index in [1.54, 1.807) is 0 Å². The second kappa shape index (κ2) is 5.64. The number of piperazine rings is 1. The van der Waals surface area contributed by atoms with E-state index < -0.39 is 0 Å². The zero-order chi connectivity index (χ0) is 12.2. The molecule has 1 heterocycles. The van der Waals surface area contributed by atoms with E-state index in [0.717, 1.165) is 32.7 Å². The lowest BCUT2D eigenvalue weighted by molar-refractivity contribution is -0.156. The van der Waals surface area contributed by atoms with Gasteiger partial charge in [-0.25, -0.2) is 0 Å². The largest absolute Gasteiger partial charge is 0.459 e. The average Bonchev–Trinajstić information content (AvgIpc) is 2.16. The lowest BCUT2D eigenvalue weighted by Crippen LogP contribution is -2.48. The first-order chi connectivity index (χ1) is 7.40. The van der Waals surface area contributed by atoms with Crippen molar-refractivity contribution in [3.8, 4) is 0 Å². The predicted octanol–water partition coefficient (Wildman–Crippen LogP) is 0.966. The van der Waals surface area contributed by atoms with Crippen molar-refractivity contribution < 1.29 is 9.53 Å². The lowest BCUT2D eigenvalue weighted by atomic mass is 10.2. The standard InChI is InChI=1S/C12H24N2O2/c1-5-13-6-8-14(9-7-13)10-11(15)16-12(2,3)4/h5-10H2,1-4H3. The molecule has 0 radical (unpaired) electrons. The Balaban J connectivity index is 2.26. The van der Waals surface area contributed by atoms with Crippen molar-refractivity contribution in [2.24, 2.45) is 0 Å². The number of esters is 1. The third-order valence-corrected chi connectivity index (χ3v) is 2.68. The number of rotatable bonds is 3. The number of nitrogens with zero attached hydrogens (tertiary/aromatic N) is 2. The van der Waals surface area contributed by atoms with Crippen molar-refractivity contribution in [3.05, 3.63) is 0 Å². The molecule has 1 aliphatic heterocycles. The highest BCUT2D eigenvalue weighted by molar-refractivity contribution is 5.72. The van der Waals surface area contributed by atoms with Crippen molar-refractivity contribution in [2.45, 2.75) is 33.3 Å². The molecular formula is C12H24N2O2. The van der Waals surface area contributed by atoms with Crippen LogP contribution in [0.2, 0.25) is 0 Å². The maximum Gasteiger partial charge on any atom is 0.320 e. The van der Waals surface area contributed by atoms with Crippen LogP contribution in [0, 0.1) is 0 Å². The Bertz CT molecular complexity index is 228. The van der Waals surface area contributed by atoms with Crippen LogP contribution in [0.5, 0.6) is 0 Å². The molecule has 0 aliphatic carbocycles. The Kier molecular flexibility index (Phi) is 4.74. The highest BCUT2D eigenvalue weighted by Crippen LogP contribution is 2.08. The average molecular weight is 228 g/mol. The van der Waals surface area contributed by atoms with Crippen molar-refractivity contribution in [2.75, 3.05) is 39.3 Å². The molecule has 0 aromatic carbocycles. The van der Waals surface area contributed by atoms with E-state index in [4.69, 9.17) is 4.74 Å². The number of likely N-dealkylation sites (N-methyl/N-ethyl adjacent to an activating group) is 1. The van der Waals surface area contributed by atoms with Crippen LogP contribution in [0.1, 0.15) is 27.7 Å². The second-order valence-corrected chi connectivity index (χ2v) is 5.30. The minimum absolute atomic E-state index is 0.113. The summed E-state index contributed by atoms with van der Waals surface area (Å²) in [5, 5.41) is 0. The summed E-state index contributed by atoms with van der Waals surface area (Å²) in [6.45, 7) is 13.4. The number of carbonyl (C=O) groups is 1. The van der Waals surface area contributed by atoms with E-state index in [2.05, 4.69) is 16.7 Å². The smallest absolute Gasteiger partial charge is 0.320 e. The third kappa shape index (κ3) is 4.94. The molecule has 0 saturated carbocycles. The number of hydrogen-bond donors (Lipinski definition) is 0. The van der Waals surface area contributed by atoms with E-state index in [-0.39, 0.29) is 11.6 Å². The molecule has 1 aliphatic rings. The molecular weight excluding hydrogens is 204 g/mol. The lowest BCUT2D eigenvalue weighted by Gasteiger charge is -2.33. The normalized spacial score (nSPS) is 19.8. The fraction of sp³-hybridized carbons (Fsp3) is 0.917. The molecule has 1 rings (SSSR count). The van der Waals surface area contributed by atoms with Gasteiger partial charge in [0.05, 0.1) is 6.54 Å². The van der Waals surface area contributed by atoms with Gasteiger partial charge in [0.15, 0.2) is 0 Å². The van der Waals surface area contributed by atoms with Crippen LogP contribution in [-0.4, -0.2) is 60.6 Å². The van der Waals surface area contributed by atoms with Crippen LogP contribution in [0.3, 0.4) is 0 Å². The summed E-state index contributed by atoms with van der Waals surface area (Å²) in [4.78, 5) is 16.2. The summed E-state index contributed by atoms with van der Waals surface area (Å²) in [6.07, 6.45) is 0. The summed E-state index contributed by atoms with van der Waals surface area (Å²) in [7, 11) is 0. The van der Waals surface area contributed by atoms with Gasteiger partial charge >= 0.3 is 5.97 Å². The van der Waals surface area contributed by atoms with Crippen LogP contribution >= 0.6 is 0 Å². The minimum atomic E-state index is -0.373. The van der Waals surface area contributed by atoms with Crippen molar-refractivity contribution in [1.29, 1.82) is 0 Å². The van der Waals surface area contributed by atoms with E-state index >= 15 is 0 Å². The van der Waals surface area contributed by atoms with Crippen molar-refractivity contribution >= 4 is 5.97 Å². The molecule has 16 heavy (non-hydrogen) atoms. The first-order valence-corrected chi connectivity index (χ1v) is 6.07. The Morgan fingerprint density at radius 1 is 1.12 bits per heavy atom. The Morgan fingerprint density at radius 3 is 2.06 bits per heavy atom. The molecule has 1 fully saturated rings. The van der Waals surface area contributed by atoms with Crippen molar-refractivity contribution in [1.82, 2.24) is 9.80 Å². The van der Waals surface area contributed by atoms with Crippen LogP contribution in [0.4, 0.5) is 0 Å². The fourth-order valence-electron chi connectivity index (χ4n) is 1.82. The predicted molar refractivity (Wildman–Crippen MR) is 64.4 cm³/mol. The van der Waals surface area contributed by atoms with Gasteiger partial charge in [0.1, 0.15) is 5.60 Å². The molecule has 0 unspecified atom stereocenters. The van der Waals surface area contributed by atoms with Gasteiger partial charge in [-0.15, -0.1) is 0 Å². The summed E-state index contributed by atoms with van der Waals surface area (Å²) >= 11 is 0.